The molecule has 0 saturated carbocycles. The number of rotatable bonds is 5. The van der Waals surface area contributed by atoms with Crippen molar-refractivity contribution in [2.45, 2.75) is 26.9 Å². The normalized spacial score (nSPS) is 10.2. The fourth-order valence-corrected chi connectivity index (χ4v) is 1.92. The highest BCUT2D eigenvalue weighted by Crippen LogP contribution is 2.24. The Morgan fingerprint density at radius 2 is 2.14 bits per heavy atom. The summed E-state index contributed by atoms with van der Waals surface area (Å²) in [6, 6.07) is 9.29. The summed E-state index contributed by atoms with van der Waals surface area (Å²) in [7, 11) is 0. The maximum absolute atomic E-state index is 11.6. The Kier molecular flexibility index (Phi) is 4.77. The molecule has 1 aromatic heterocycles. The lowest BCUT2D eigenvalue weighted by Crippen LogP contribution is -2.13. The molecule has 1 aromatic carbocycles. The number of nitrogens with one attached hydrogen (secondary N) is 1. The lowest BCUT2D eigenvalue weighted by Gasteiger charge is -2.15. The number of carbonyl (C=O) groups excluding carboxylic acids is 1. The van der Waals surface area contributed by atoms with Crippen LogP contribution in [0.1, 0.15) is 24.5 Å². The van der Waals surface area contributed by atoms with Gasteiger partial charge in [0.1, 0.15) is 6.61 Å². The van der Waals surface area contributed by atoms with E-state index >= 15 is 0 Å². The molecule has 21 heavy (non-hydrogen) atoms. The highest BCUT2D eigenvalue weighted by molar-refractivity contribution is 5.91. The molecule has 2 rings (SSSR count). The van der Waals surface area contributed by atoms with Crippen LogP contribution in [0.5, 0.6) is 5.75 Å². The lowest BCUT2D eigenvalue weighted by atomic mass is 10.1. The monoisotopic (exact) mass is 285 g/mol. The summed E-state index contributed by atoms with van der Waals surface area (Å²) in [6.07, 6.45) is 2.05. The van der Waals surface area contributed by atoms with Gasteiger partial charge in [0.25, 0.3) is 0 Å². The summed E-state index contributed by atoms with van der Waals surface area (Å²) in [5, 5.41) is 2.89. The topological polar surface area (TPSA) is 77.2 Å². The highest BCUT2D eigenvalue weighted by atomic mass is 16.5. The third-order valence-electron chi connectivity index (χ3n) is 3.18. The Morgan fingerprint density at radius 1 is 1.33 bits per heavy atom. The number of nitrogen functional groups attached to an aromatic ring is 1. The molecule has 0 atom stereocenters. The van der Waals surface area contributed by atoms with Crippen molar-refractivity contribution in [1.29, 1.82) is 0 Å². The van der Waals surface area contributed by atoms with Crippen molar-refractivity contribution in [2.75, 3.05) is 11.1 Å². The van der Waals surface area contributed by atoms with Crippen LogP contribution in [0, 0.1) is 6.92 Å². The third kappa shape index (κ3) is 3.72. The second-order valence-corrected chi connectivity index (χ2v) is 4.68. The molecule has 0 saturated heterocycles. The Hall–Kier alpha value is -2.56. The van der Waals surface area contributed by atoms with Gasteiger partial charge < -0.3 is 15.8 Å². The zero-order valence-corrected chi connectivity index (χ0v) is 12.2. The number of aryl methyl sites for hydroxylation is 1. The first-order chi connectivity index (χ1) is 10.1. The van der Waals surface area contributed by atoms with Crippen LogP contribution in [0.2, 0.25) is 0 Å². The Balaban J connectivity index is 2.19. The fourth-order valence-electron chi connectivity index (χ4n) is 1.92. The maximum Gasteiger partial charge on any atom is 0.224 e. The van der Waals surface area contributed by atoms with Crippen molar-refractivity contribution in [3.05, 3.63) is 47.7 Å². The van der Waals surface area contributed by atoms with E-state index in [1.807, 2.05) is 32.0 Å². The van der Waals surface area contributed by atoms with E-state index in [4.69, 9.17) is 10.5 Å². The Bertz CT molecular complexity index is 641. The number of hydrogen-bond donors (Lipinski definition) is 2. The molecule has 0 spiro atoms. The predicted molar refractivity (Wildman–Crippen MR) is 83.1 cm³/mol. The summed E-state index contributed by atoms with van der Waals surface area (Å²) >= 11 is 0. The molecule has 110 valence electrons. The van der Waals surface area contributed by atoms with E-state index in [0.29, 0.717) is 24.6 Å². The van der Waals surface area contributed by atoms with Crippen molar-refractivity contribution < 1.29 is 9.53 Å². The minimum absolute atomic E-state index is 0.0252. The molecule has 5 heteroatoms. The van der Waals surface area contributed by atoms with E-state index < -0.39 is 0 Å². The van der Waals surface area contributed by atoms with Crippen molar-refractivity contribution in [2.24, 2.45) is 0 Å². The van der Waals surface area contributed by atoms with Crippen LogP contribution in [-0.4, -0.2) is 10.9 Å². The molecule has 5 nitrogen and oxygen atoms in total. The van der Waals surface area contributed by atoms with Gasteiger partial charge in [0.2, 0.25) is 5.91 Å². The van der Waals surface area contributed by atoms with Crippen LogP contribution in [0.4, 0.5) is 11.5 Å². The van der Waals surface area contributed by atoms with Gasteiger partial charge in [-0.2, -0.15) is 0 Å². The highest BCUT2D eigenvalue weighted by Gasteiger charge is 2.10. The van der Waals surface area contributed by atoms with E-state index in [9.17, 15) is 4.79 Å². The second-order valence-electron chi connectivity index (χ2n) is 4.68. The van der Waals surface area contributed by atoms with Crippen LogP contribution in [0.25, 0.3) is 0 Å². The number of ether oxygens (including phenoxy) is 1. The van der Waals surface area contributed by atoms with Gasteiger partial charge in [-0.3, -0.25) is 4.79 Å². The van der Waals surface area contributed by atoms with Gasteiger partial charge in [-0.05, 0) is 30.7 Å². The van der Waals surface area contributed by atoms with E-state index in [0.717, 1.165) is 16.8 Å². The first-order valence-corrected chi connectivity index (χ1v) is 6.83. The lowest BCUT2D eigenvalue weighted by molar-refractivity contribution is -0.115. The summed E-state index contributed by atoms with van der Waals surface area (Å²) in [4.78, 5) is 15.6. The van der Waals surface area contributed by atoms with E-state index in [2.05, 4.69) is 10.3 Å². The average molecular weight is 285 g/mol. The van der Waals surface area contributed by atoms with Crippen LogP contribution < -0.4 is 15.8 Å². The van der Waals surface area contributed by atoms with E-state index in [1.54, 1.807) is 18.3 Å². The smallest absolute Gasteiger partial charge is 0.224 e. The predicted octanol–water partition coefficient (Wildman–Crippen LogP) is 2.90. The standard InChI is InChI=1S/C16H19N3O2/c1-3-15(20)19-13-7-4-6-11(2)12(13)10-21-14-8-5-9-18-16(14)17/h4-9H,3,10H2,1-2H3,(H2,17,18)(H,19,20). The van der Waals surface area contributed by atoms with Gasteiger partial charge in [-0.1, -0.05) is 19.1 Å². The molecular weight excluding hydrogens is 266 g/mol. The van der Waals surface area contributed by atoms with Crippen molar-refractivity contribution in [3.63, 3.8) is 0 Å². The molecule has 0 bridgehead atoms. The number of pyridine rings is 1. The summed E-state index contributed by atoms with van der Waals surface area (Å²) in [5.41, 5.74) is 8.51. The quantitative estimate of drug-likeness (QED) is 0.885. The summed E-state index contributed by atoms with van der Waals surface area (Å²) < 4.78 is 5.72. The third-order valence-corrected chi connectivity index (χ3v) is 3.18. The van der Waals surface area contributed by atoms with Crippen LogP contribution >= 0.6 is 0 Å². The summed E-state index contributed by atoms with van der Waals surface area (Å²) in [5.74, 6) is 0.862. The minimum atomic E-state index is -0.0252. The van der Waals surface area contributed by atoms with E-state index in [1.165, 1.54) is 0 Å². The van der Waals surface area contributed by atoms with Crippen LogP contribution in [0.3, 0.4) is 0 Å². The van der Waals surface area contributed by atoms with Gasteiger partial charge in [-0.25, -0.2) is 4.98 Å². The largest absolute Gasteiger partial charge is 0.485 e. The molecule has 0 radical (unpaired) electrons. The van der Waals surface area contributed by atoms with E-state index in [-0.39, 0.29) is 5.91 Å². The zero-order chi connectivity index (χ0) is 15.2. The Morgan fingerprint density at radius 3 is 2.86 bits per heavy atom. The molecule has 1 amide bonds. The minimum Gasteiger partial charge on any atom is -0.485 e. The second kappa shape index (κ2) is 6.74. The number of carbonyl (C=O) groups is 1. The number of anilines is 2. The Labute approximate surface area is 124 Å². The molecule has 0 aliphatic rings. The van der Waals surface area contributed by atoms with Crippen LogP contribution in [0.15, 0.2) is 36.5 Å². The van der Waals surface area contributed by atoms with Crippen molar-refractivity contribution in [3.8, 4) is 5.75 Å². The number of aromatic nitrogens is 1. The van der Waals surface area contributed by atoms with Gasteiger partial charge in [0, 0.05) is 23.9 Å². The molecular formula is C16H19N3O2. The summed E-state index contributed by atoms with van der Waals surface area (Å²) in [6.45, 7) is 4.12. The number of nitrogens with two attached hydrogens (primary N) is 1. The van der Waals surface area contributed by atoms with Gasteiger partial charge in [0.15, 0.2) is 11.6 Å². The first-order valence-electron chi connectivity index (χ1n) is 6.83. The number of hydrogen-bond acceptors (Lipinski definition) is 4. The first kappa shape index (κ1) is 14.8. The molecule has 0 fully saturated rings. The molecule has 1 heterocycles. The molecule has 0 aliphatic heterocycles. The average Bonchev–Trinajstić information content (AvgIpc) is 2.48. The van der Waals surface area contributed by atoms with Gasteiger partial charge >= 0.3 is 0 Å². The van der Waals surface area contributed by atoms with Crippen molar-refractivity contribution in [1.82, 2.24) is 4.98 Å². The number of benzene rings is 1. The SMILES string of the molecule is CCC(=O)Nc1cccc(C)c1COc1cccnc1N. The van der Waals surface area contributed by atoms with Crippen molar-refractivity contribution >= 4 is 17.4 Å². The fraction of sp³-hybridized carbons (Fsp3) is 0.250. The van der Waals surface area contributed by atoms with Gasteiger partial charge in [0.05, 0.1) is 0 Å². The van der Waals surface area contributed by atoms with Crippen LogP contribution in [-0.2, 0) is 11.4 Å². The number of amides is 1. The zero-order valence-electron chi connectivity index (χ0n) is 12.2. The molecule has 0 unspecified atom stereocenters. The number of nitrogens with zero attached hydrogens (tertiary/aromatic N) is 1. The van der Waals surface area contributed by atoms with Gasteiger partial charge in [-0.15, -0.1) is 0 Å². The molecule has 3 N–H and O–H groups in total. The maximum atomic E-state index is 11.6. The molecule has 0 aliphatic carbocycles. The molecule has 2 aromatic rings.